The van der Waals surface area contributed by atoms with Crippen LogP contribution in [0.15, 0.2) is 54.7 Å². The second kappa shape index (κ2) is 12.6. The maximum atomic E-state index is 11.0. The molecule has 0 saturated carbocycles. The fraction of sp³-hybridized carbons (Fsp3) is 0.455. The van der Waals surface area contributed by atoms with Gasteiger partial charge in [0.25, 0.3) is 0 Å². The molecule has 3 aromatic rings. The second-order valence-corrected chi connectivity index (χ2v) is 13.0. The molecule has 0 atom stereocenters. The number of halogens is 1. The Morgan fingerprint density at radius 3 is 2.45 bits per heavy atom. The fourth-order valence-corrected chi connectivity index (χ4v) is 6.58. The minimum Gasteiger partial charge on any atom is -0.487 e. The van der Waals surface area contributed by atoms with Crippen molar-refractivity contribution in [3.63, 3.8) is 0 Å². The van der Waals surface area contributed by atoms with E-state index in [1.165, 1.54) is 4.90 Å². The van der Waals surface area contributed by atoms with Crippen molar-refractivity contribution in [3.8, 4) is 11.8 Å². The van der Waals surface area contributed by atoms with Gasteiger partial charge in [0.05, 0.1) is 17.3 Å². The number of anilines is 1. The van der Waals surface area contributed by atoms with E-state index < -0.39 is 6.09 Å². The maximum absolute atomic E-state index is 11.0. The summed E-state index contributed by atoms with van der Waals surface area (Å²) in [4.78, 5) is 29.0. The summed E-state index contributed by atoms with van der Waals surface area (Å²) in [6, 6.07) is 18.2. The Labute approximate surface area is 263 Å². The lowest BCUT2D eigenvalue weighted by molar-refractivity contribution is -0.00366. The number of amides is 1. The molecule has 230 valence electrons. The zero-order chi connectivity index (χ0) is 30.8. The van der Waals surface area contributed by atoms with Gasteiger partial charge in [0.2, 0.25) is 5.95 Å². The van der Waals surface area contributed by atoms with Gasteiger partial charge in [-0.05, 0) is 47.5 Å². The average molecular weight is 616 g/mol. The number of benzene rings is 2. The van der Waals surface area contributed by atoms with Gasteiger partial charge < -0.3 is 19.6 Å². The average Bonchev–Trinajstić information content (AvgIpc) is 2.98. The molecule has 11 heteroatoms. The molecule has 0 spiro atoms. The first kappa shape index (κ1) is 30.1. The van der Waals surface area contributed by atoms with E-state index in [2.05, 4.69) is 51.7 Å². The lowest BCUT2D eigenvalue weighted by Gasteiger charge is -2.50. The van der Waals surface area contributed by atoms with Gasteiger partial charge in [-0.3, -0.25) is 9.80 Å². The summed E-state index contributed by atoms with van der Waals surface area (Å²) in [5, 5.41) is 18.9. The van der Waals surface area contributed by atoms with Gasteiger partial charge in [-0.15, -0.1) is 0 Å². The number of nitrogens with zero attached hydrogens (tertiary/aromatic N) is 7. The monoisotopic (exact) mass is 615 g/mol. The molecular weight excluding hydrogens is 578 g/mol. The number of piperazine rings is 1. The molecule has 6 rings (SSSR count). The number of rotatable bonds is 9. The van der Waals surface area contributed by atoms with Crippen LogP contribution >= 0.6 is 11.6 Å². The van der Waals surface area contributed by atoms with Crippen molar-refractivity contribution in [2.24, 2.45) is 5.92 Å². The molecule has 3 saturated heterocycles. The summed E-state index contributed by atoms with van der Waals surface area (Å²) < 4.78 is 6.08. The third-order valence-electron chi connectivity index (χ3n) is 9.21. The first-order valence-corrected chi connectivity index (χ1v) is 15.5. The molecular formula is C33H38ClN7O3. The molecule has 0 bridgehead atoms. The number of hydrogen-bond acceptors (Lipinski definition) is 8. The Balaban J connectivity index is 0.967. The Kier molecular flexibility index (Phi) is 8.63. The Morgan fingerprint density at radius 1 is 1.05 bits per heavy atom. The lowest BCUT2D eigenvalue weighted by atomic mass is 9.78. The molecule has 0 radical (unpaired) electrons. The summed E-state index contributed by atoms with van der Waals surface area (Å²) in [6.07, 6.45) is 0.996. The lowest BCUT2D eigenvalue weighted by Crippen LogP contribution is -2.65. The number of aromatic nitrogens is 2. The highest BCUT2D eigenvalue weighted by atomic mass is 35.5. The van der Waals surface area contributed by atoms with Gasteiger partial charge in [0, 0.05) is 87.5 Å². The van der Waals surface area contributed by atoms with Gasteiger partial charge >= 0.3 is 6.09 Å². The van der Waals surface area contributed by atoms with Crippen molar-refractivity contribution < 1.29 is 14.6 Å². The molecule has 2 aromatic carbocycles. The van der Waals surface area contributed by atoms with Crippen molar-refractivity contribution in [1.82, 2.24) is 24.7 Å². The summed E-state index contributed by atoms with van der Waals surface area (Å²) >= 11 is 6.27. The Morgan fingerprint density at radius 2 is 1.77 bits per heavy atom. The highest BCUT2D eigenvalue weighted by Gasteiger charge is 2.38. The van der Waals surface area contributed by atoms with Crippen LogP contribution in [0.2, 0.25) is 5.02 Å². The van der Waals surface area contributed by atoms with Gasteiger partial charge in [0.1, 0.15) is 12.4 Å². The predicted molar refractivity (Wildman–Crippen MR) is 168 cm³/mol. The zero-order valence-corrected chi connectivity index (χ0v) is 26.0. The predicted octanol–water partition coefficient (Wildman–Crippen LogP) is 4.32. The largest absolute Gasteiger partial charge is 0.487 e. The van der Waals surface area contributed by atoms with E-state index in [9.17, 15) is 10.1 Å². The maximum Gasteiger partial charge on any atom is 0.407 e. The van der Waals surface area contributed by atoms with Crippen molar-refractivity contribution >= 4 is 23.6 Å². The van der Waals surface area contributed by atoms with E-state index in [1.807, 2.05) is 30.3 Å². The quantitative estimate of drug-likeness (QED) is 0.376. The molecule has 4 heterocycles. The number of hydrogen-bond donors (Lipinski definition) is 1. The summed E-state index contributed by atoms with van der Waals surface area (Å²) in [7, 11) is 0. The minimum atomic E-state index is -0.805. The summed E-state index contributed by atoms with van der Waals surface area (Å²) in [6.45, 7) is 12.8. The highest BCUT2D eigenvalue weighted by Crippen LogP contribution is 2.34. The normalized spacial score (nSPS) is 18.4. The minimum absolute atomic E-state index is 0.333. The molecule has 3 fully saturated rings. The first-order chi connectivity index (χ1) is 21.2. The van der Waals surface area contributed by atoms with Gasteiger partial charge in [-0.2, -0.15) is 5.26 Å². The standard InChI is InChI=1S/C33H38ClN7O3/c1-33(2,26-13-23(16-35)14-27(34)15-26)25-3-5-30(6-4-25)44-22-28-7-8-36-31(37-28)40-11-9-39(10-12-40)29-20-38(21-29)17-24-18-41(19-24)32(42)43/h3-8,13-15,24,29H,9-12,17-22H2,1-2H3,(H,42,43). The van der Waals surface area contributed by atoms with Crippen LogP contribution in [-0.4, -0.2) is 101 Å². The topological polar surface area (TPSA) is 109 Å². The number of nitriles is 1. The number of likely N-dealkylation sites (tertiary alicyclic amines) is 2. The molecule has 10 nitrogen and oxygen atoms in total. The van der Waals surface area contributed by atoms with E-state index in [1.54, 1.807) is 12.3 Å². The van der Waals surface area contributed by atoms with Crippen molar-refractivity contribution in [1.29, 1.82) is 5.26 Å². The smallest absolute Gasteiger partial charge is 0.407 e. The van der Waals surface area contributed by atoms with E-state index in [4.69, 9.17) is 26.4 Å². The van der Waals surface area contributed by atoms with Crippen LogP contribution in [0.4, 0.5) is 10.7 Å². The first-order valence-electron chi connectivity index (χ1n) is 15.1. The Bertz CT molecular complexity index is 1520. The SMILES string of the molecule is CC(C)(c1ccc(OCc2ccnc(N3CCN(C4CN(CC5CN(C(=O)O)C5)C4)CC3)n2)cc1)c1cc(Cl)cc(C#N)c1. The van der Waals surface area contributed by atoms with Crippen LogP contribution in [0.3, 0.4) is 0 Å². The van der Waals surface area contributed by atoms with Gasteiger partial charge in [-0.1, -0.05) is 37.6 Å². The van der Waals surface area contributed by atoms with Crippen molar-refractivity contribution in [2.45, 2.75) is 31.9 Å². The van der Waals surface area contributed by atoms with Crippen LogP contribution < -0.4 is 9.64 Å². The molecule has 0 aliphatic carbocycles. The number of carbonyl (C=O) groups is 1. The molecule has 3 aliphatic rings. The van der Waals surface area contributed by atoms with Crippen molar-refractivity contribution in [2.75, 3.05) is 63.8 Å². The molecule has 1 N–H and O–H groups in total. The van der Waals surface area contributed by atoms with E-state index in [0.717, 1.165) is 74.3 Å². The third-order valence-corrected chi connectivity index (χ3v) is 9.43. The summed E-state index contributed by atoms with van der Waals surface area (Å²) in [5.41, 5.74) is 3.13. The fourth-order valence-electron chi connectivity index (χ4n) is 6.34. The highest BCUT2D eigenvalue weighted by molar-refractivity contribution is 6.30. The molecule has 1 amide bonds. The molecule has 1 aromatic heterocycles. The van der Waals surface area contributed by atoms with Crippen LogP contribution in [0.5, 0.6) is 5.75 Å². The second-order valence-electron chi connectivity index (χ2n) is 12.6. The van der Waals surface area contributed by atoms with E-state index in [-0.39, 0.29) is 5.41 Å². The van der Waals surface area contributed by atoms with Crippen LogP contribution in [0, 0.1) is 17.2 Å². The van der Waals surface area contributed by atoms with Gasteiger partial charge in [-0.25, -0.2) is 14.8 Å². The third kappa shape index (κ3) is 6.60. The molecule has 44 heavy (non-hydrogen) atoms. The van der Waals surface area contributed by atoms with Crippen LogP contribution in [-0.2, 0) is 12.0 Å². The molecule has 3 aliphatic heterocycles. The van der Waals surface area contributed by atoms with Crippen LogP contribution in [0.1, 0.15) is 36.2 Å². The summed E-state index contributed by atoms with van der Waals surface area (Å²) in [5.74, 6) is 1.97. The van der Waals surface area contributed by atoms with Gasteiger partial charge in [0.15, 0.2) is 0 Å². The van der Waals surface area contributed by atoms with Crippen molar-refractivity contribution in [3.05, 3.63) is 82.1 Å². The van der Waals surface area contributed by atoms with Crippen LogP contribution in [0.25, 0.3) is 0 Å². The molecule has 0 unspecified atom stereocenters. The Hall–Kier alpha value is -3.91. The van der Waals surface area contributed by atoms with E-state index in [0.29, 0.717) is 42.2 Å². The van der Waals surface area contributed by atoms with E-state index >= 15 is 0 Å². The number of carboxylic acid groups (broad SMARTS) is 1. The zero-order valence-electron chi connectivity index (χ0n) is 25.2. The number of ether oxygens (including phenoxy) is 1.